The maximum Gasteiger partial charge on any atom is 0.157 e. The number of ether oxygens (including phenoxy) is 1. The molecule has 1 aliphatic heterocycles. The van der Waals surface area contributed by atoms with Crippen LogP contribution in [-0.4, -0.2) is 35.3 Å². The van der Waals surface area contributed by atoms with Gasteiger partial charge in [-0.3, -0.25) is 0 Å². The molecule has 5 nitrogen and oxygen atoms in total. The average Bonchev–Trinajstić information content (AvgIpc) is 2.66. The lowest BCUT2D eigenvalue weighted by Gasteiger charge is -2.20. The molecule has 0 spiro atoms. The van der Waals surface area contributed by atoms with Crippen LogP contribution in [0.4, 0.5) is 11.5 Å². The summed E-state index contributed by atoms with van der Waals surface area (Å²) in [4.78, 5) is 8.12. The van der Waals surface area contributed by atoms with Gasteiger partial charge in [0.2, 0.25) is 0 Å². The lowest BCUT2D eigenvalue weighted by molar-refractivity contribution is -0.00913. The van der Waals surface area contributed by atoms with Gasteiger partial charge < -0.3 is 15.4 Å². The van der Waals surface area contributed by atoms with Gasteiger partial charge in [-0.1, -0.05) is 11.6 Å². The number of nitrogens with one attached hydrogen (secondary N) is 2. The Bertz CT molecular complexity index is 425. The molecule has 0 amide bonds. The van der Waals surface area contributed by atoms with E-state index in [2.05, 4.69) is 34.4 Å². The van der Waals surface area contributed by atoms with Gasteiger partial charge in [0.05, 0.1) is 11.7 Å². The summed E-state index contributed by atoms with van der Waals surface area (Å²) in [6.45, 7) is 4.96. The zero-order chi connectivity index (χ0) is 13.2. The van der Waals surface area contributed by atoms with Crippen molar-refractivity contribution in [1.82, 2.24) is 9.97 Å². The van der Waals surface area contributed by atoms with E-state index in [1.807, 2.05) is 0 Å². The highest BCUT2D eigenvalue weighted by Gasteiger charge is 2.31. The molecular formula is C12H19ClN4O. The summed E-state index contributed by atoms with van der Waals surface area (Å²) in [5.74, 6) is 0.714. The summed E-state index contributed by atoms with van der Waals surface area (Å²) in [6, 6.07) is 0. The van der Waals surface area contributed by atoms with Crippen LogP contribution in [0, 0.1) is 0 Å². The lowest BCUT2D eigenvalue weighted by atomic mass is 10.1. The molecular weight excluding hydrogens is 252 g/mol. The molecule has 2 heterocycles. The quantitative estimate of drug-likeness (QED) is 0.824. The summed E-state index contributed by atoms with van der Waals surface area (Å²) < 4.78 is 5.91. The molecule has 100 valence electrons. The van der Waals surface area contributed by atoms with E-state index in [1.165, 1.54) is 6.33 Å². The fourth-order valence-electron chi connectivity index (χ4n) is 2.15. The van der Waals surface area contributed by atoms with Crippen molar-refractivity contribution in [3.8, 4) is 0 Å². The van der Waals surface area contributed by atoms with E-state index < -0.39 is 0 Å². The zero-order valence-electron chi connectivity index (χ0n) is 11.0. The van der Waals surface area contributed by atoms with Crippen molar-refractivity contribution >= 4 is 23.1 Å². The van der Waals surface area contributed by atoms with Crippen molar-refractivity contribution in [3.05, 3.63) is 11.5 Å². The Morgan fingerprint density at radius 3 is 2.89 bits per heavy atom. The number of hydrogen-bond donors (Lipinski definition) is 2. The molecule has 0 radical (unpaired) electrons. The summed E-state index contributed by atoms with van der Waals surface area (Å²) in [5.41, 5.74) is 0.707. The molecule has 2 rings (SSSR count). The maximum absolute atomic E-state index is 5.99. The number of aromatic nitrogens is 2. The standard InChI is InChI=1S/C12H19ClN4O/c1-12(2)5-4-8(18-12)6-15-11-9(14-3)10(13)16-7-17-11/h7-8,14H,4-6H2,1-3H3,(H,15,16,17). The highest BCUT2D eigenvalue weighted by Crippen LogP contribution is 2.30. The average molecular weight is 271 g/mol. The van der Waals surface area contributed by atoms with Crippen LogP contribution in [0.5, 0.6) is 0 Å². The third-order valence-electron chi connectivity index (χ3n) is 3.10. The number of halogens is 1. The molecule has 2 N–H and O–H groups in total. The van der Waals surface area contributed by atoms with Gasteiger partial charge in [-0.2, -0.15) is 0 Å². The van der Waals surface area contributed by atoms with E-state index in [0.717, 1.165) is 25.1 Å². The van der Waals surface area contributed by atoms with Gasteiger partial charge in [0, 0.05) is 13.6 Å². The molecule has 18 heavy (non-hydrogen) atoms. The second-order valence-electron chi connectivity index (χ2n) is 5.06. The largest absolute Gasteiger partial charge is 0.383 e. The molecule has 0 aliphatic carbocycles. The van der Waals surface area contributed by atoms with Gasteiger partial charge in [0.25, 0.3) is 0 Å². The smallest absolute Gasteiger partial charge is 0.157 e. The van der Waals surface area contributed by atoms with Gasteiger partial charge in [-0.05, 0) is 26.7 Å². The van der Waals surface area contributed by atoms with Crippen molar-refractivity contribution in [2.24, 2.45) is 0 Å². The minimum atomic E-state index is -0.0124. The third kappa shape index (κ3) is 3.03. The monoisotopic (exact) mass is 270 g/mol. The summed E-state index contributed by atoms with van der Waals surface area (Å²) in [6.07, 6.45) is 3.82. The lowest BCUT2D eigenvalue weighted by Crippen LogP contribution is -2.25. The first-order chi connectivity index (χ1) is 8.52. The molecule has 0 bridgehead atoms. The fraction of sp³-hybridized carbons (Fsp3) is 0.667. The molecule has 0 aromatic carbocycles. The summed E-state index contributed by atoms with van der Waals surface area (Å²) in [5, 5.41) is 6.68. The molecule has 1 aromatic rings. The Hall–Kier alpha value is -1.07. The molecule has 6 heteroatoms. The Balaban J connectivity index is 1.97. The highest BCUT2D eigenvalue weighted by atomic mass is 35.5. The summed E-state index contributed by atoms with van der Waals surface area (Å²) in [7, 11) is 1.80. The van der Waals surface area contributed by atoms with Crippen LogP contribution in [0.15, 0.2) is 6.33 Å². The minimum absolute atomic E-state index is 0.0124. The molecule has 1 atom stereocenters. The highest BCUT2D eigenvalue weighted by molar-refractivity contribution is 6.32. The van der Waals surface area contributed by atoms with Crippen LogP contribution < -0.4 is 10.6 Å². The second kappa shape index (κ2) is 5.28. The maximum atomic E-state index is 5.99. The van der Waals surface area contributed by atoms with E-state index in [4.69, 9.17) is 16.3 Å². The van der Waals surface area contributed by atoms with E-state index in [0.29, 0.717) is 11.0 Å². The predicted molar refractivity (Wildman–Crippen MR) is 73.3 cm³/mol. The zero-order valence-corrected chi connectivity index (χ0v) is 11.7. The van der Waals surface area contributed by atoms with Crippen molar-refractivity contribution < 1.29 is 4.74 Å². The molecule has 1 saturated heterocycles. The van der Waals surface area contributed by atoms with Crippen molar-refractivity contribution in [2.45, 2.75) is 38.4 Å². The first kappa shape index (κ1) is 13.4. The van der Waals surface area contributed by atoms with Gasteiger partial charge in [-0.25, -0.2) is 9.97 Å². The normalized spacial score (nSPS) is 21.9. The number of nitrogens with zero attached hydrogens (tertiary/aromatic N) is 2. The van der Waals surface area contributed by atoms with Crippen molar-refractivity contribution in [2.75, 3.05) is 24.2 Å². The third-order valence-corrected chi connectivity index (χ3v) is 3.39. The van der Waals surface area contributed by atoms with Crippen LogP contribution in [0.1, 0.15) is 26.7 Å². The van der Waals surface area contributed by atoms with Gasteiger partial charge in [0.1, 0.15) is 12.0 Å². The molecule has 1 fully saturated rings. The Morgan fingerprint density at radius 2 is 2.28 bits per heavy atom. The van der Waals surface area contributed by atoms with Crippen LogP contribution in [0.2, 0.25) is 5.15 Å². The van der Waals surface area contributed by atoms with Crippen LogP contribution >= 0.6 is 11.6 Å². The van der Waals surface area contributed by atoms with Crippen molar-refractivity contribution in [1.29, 1.82) is 0 Å². The number of rotatable bonds is 4. The Kier molecular flexibility index (Phi) is 3.92. The fourth-order valence-corrected chi connectivity index (χ4v) is 2.38. The first-order valence-electron chi connectivity index (χ1n) is 6.12. The molecule has 1 aromatic heterocycles. The predicted octanol–water partition coefficient (Wildman–Crippen LogP) is 2.54. The van der Waals surface area contributed by atoms with Crippen LogP contribution in [0.3, 0.4) is 0 Å². The van der Waals surface area contributed by atoms with Gasteiger partial charge in [-0.15, -0.1) is 0 Å². The first-order valence-corrected chi connectivity index (χ1v) is 6.49. The SMILES string of the molecule is CNc1c(Cl)ncnc1NCC1CCC(C)(C)O1. The Labute approximate surface area is 112 Å². The van der Waals surface area contributed by atoms with Crippen molar-refractivity contribution in [3.63, 3.8) is 0 Å². The second-order valence-corrected chi connectivity index (χ2v) is 5.42. The topological polar surface area (TPSA) is 59.1 Å². The molecule has 0 saturated carbocycles. The van der Waals surface area contributed by atoms with E-state index in [9.17, 15) is 0 Å². The Morgan fingerprint density at radius 1 is 1.50 bits per heavy atom. The molecule has 1 aliphatic rings. The number of hydrogen-bond acceptors (Lipinski definition) is 5. The van der Waals surface area contributed by atoms with E-state index >= 15 is 0 Å². The van der Waals surface area contributed by atoms with Gasteiger partial charge in [0.15, 0.2) is 11.0 Å². The van der Waals surface area contributed by atoms with Crippen LogP contribution in [0.25, 0.3) is 0 Å². The van der Waals surface area contributed by atoms with Crippen LogP contribution in [-0.2, 0) is 4.74 Å². The van der Waals surface area contributed by atoms with E-state index in [-0.39, 0.29) is 11.7 Å². The number of anilines is 2. The van der Waals surface area contributed by atoms with E-state index in [1.54, 1.807) is 7.05 Å². The minimum Gasteiger partial charge on any atom is -0.383 e. The summed E-state index contributed by atoms with van der Waals surface area (Å²) >= 11 is 5.99. The molecule has 1 unspecified atom stereocenters. The van der Waals surface area contributed by atoms with Gasteiger partial charge >= 0.3 is 0 Å².